The molecule has 2 aromatic heterocycles. The largest absolute Gasteiger partial charge is 0.388 e. The van der Waals surface area contributed by atoms with Crippen LogP contribution in [0.25, 0.3) is 0 Å². The zero-order valence-corrected chi connectivity index (χ0v) is 11.3. The molecular formula is C12H14N2O2S2. The Kier molecular flexibility index (Phi) is 4.74. The summed E-state index contributed by atoms with van der Waals surface area (Å²) >= 11 is 3.02. The van der Waals surface area contributed by atoms with E-state index in [9.17, 15) is 9.90 Å². The Morgan fingerprint density at radius 2 is 2.28 bits per heavy atom. The van der Waals surface area contributed by atoms with Gasteiger partial charge in [-0.05, 0) is 46.3 Å². The van der Waals surface area contributed by atoms with Crippen molar-refractivity contribution in [3.63, 3.8) is 0 Å². The molecule has 6 heteroatoms. The molecule has 18 heavy (non-hydrogen) atoms. The summed E-state index contributed by atoms with van der Waals surface area (Å²) in [5.74, 6) is 0. The summed E-state index contributed by atoms with van der Waals surface area (Å²) in [7, 11) is 0. The minimum absolute atomic E-state index is 0.241. The molecular weight excluding hydrogens is 268 g/mol. The van der Waals surface area contributed by atoms with Crippen LogP contribution >= 0.6 is 22.7 Å². The second-order valence-electron chi connectivity index (χ2n) is 3.72. The highest BCUT2D eigenvalue weighted by atomic mass is 32.1. The highest BCUT2D eigenvalue weighted by Gasteiger charge is 2.08. The molecule has 0 fully saturated rings. The number of hydrogen-bond acceptors (Lipinski definition) is 4. The molecule has 4 nitrogen and oxygen atoms in total. The first kappa shape index (κ1) is 13.1. The smallest absolute Gasteiger partial charge is 0.319 e. The van der Waals surface area contributed by atoms with Crippen LogP contribution < -0.4 is 10.6 Å². The van der Waals surface area contributed by atoms with E-state index in [2.05, 4.69) is 10.6 Å². The number of carbonyl (C=O) groups excluding carboxylic acids is 1. The van der Waals surface area contributed by atoms with Crippen molar-refractivity contribution in [3.8, 4) is 0 Å². The standard InChI is InChI=1S/C12H14N2O2S2/c15-10(9-4-7-17-8-9)3-5-13-12(16)14-11-2-1-6-18-11/h1-2,4,6-8,10,15H,3,5H2,(H2,13,14,16). The minimum atomic E-state index is -0.515. The molecule has 0 saturated heterocycles. The van der Waals surface area contributed by atoms with Crippen LogP contribution in [0.2, 0.25) is 0 Å². The van der Waals surface area contributed by atoms with E-state index in [0.717, 1.165) is 10.6 Å². The molecule has 0 spiro atoms. The van der Waals surface area contributed by atoms with Gasteiger partial charge in [0.25, 0.3) is 0 Å². The topological polar surface area (TPSA) is 61.4 Å². The van der Waals surface area contributed by atoms with E-state index >= 15 is 0 Å². The number of thiophene rings is 2. The zero-order valence-electron chi connectivity index (χ0n) is 9.63. The normalized spacial score (nSPS) is 12.1. The lowest BCUT2D eigenvalue weighted by Gasteiger charge is -2.10. The van der Waals surface area contributed by atoms with Gasteiger partial charge in [0.15, 0.2) is 0 Å². The number of urea groups is 1. The third-order valence-electron chi connectivity index (χ3n) is 2.39. The average Bonchev–Trinajstić information content (AvgIpc) is 3.00. The summed E-state index contributed by atoms with van der Waals surface area (Å²) in [6, 6.07) is 5.36. The number of aliphatic hydroxyl groups excluding tert-OH is 1. The molecule has 0 aromatic carbocycles. The minimum Gasteiger partial charge on any atom is -0.388 e. The number of anilines is 1. The Bertz CT molecular complexity index is 468. The first-order chi connectivity index (χ1) is 8.75. The van der Waals surface area contributed by atoms with Crippen LogP contribution in [0.15, 0.2) is 34.3 Å². The number of nitrogens with one attached hydrogen (secondary N) is 2. The fourth-order valence-corrected chi connectivity index (χ4v) is 2.78. The second kappa shape index (κ2) is 6.53. The van der Waals surface area contributed by atoms with Crippen LogP contribution in [-0.4, -0.2) is 17.7 Å². The lowest BCUT2D eigenvalue weighted by molar-refractivity contribution is 0.168. The predicted octanol–water partition coefficient (Wildman–Crippen LogP) is 3.05. The Morgan fingerprint density at radius 1 is 1.39 bits per heavy atom. The van der Waals surface area contributed by atoms with Crippen molar-refractivity contribution in [3.05, 3.63) is 39.9 Å². The Morgan fingerprint density at radius 3 is 2.94 bits per heavy atom. The van der Waals surface area contributed by atoms with Gasteiger partial charge in [-0.25, -0.2) is 4.79 Å². The second-order valence-corrected chi connectivity index (χ2v) is 5.45. The van der Waals surface area contributed by atoms with Gasteiger partial charge in [0.2, 0.25) is 0 Å². The van der Waals surface area contributed by atoms with E-state index in [1.54, 1.807) is 11.3 Å². The van der Waals surface area contributed by atoms with Crippen LogP contribution in [0.1, 0.15) is 18.1 Å². The number of hydrogen-bond donors (Lipinski definition) is 3. The molecule has 96 valence electrons. The van der Waals surface area contributed by atoms with Gasteiger partial charge < -0.3 is 10.4 Å². The van der Waals surface area contributed by atoms with Crippen LogP contribution in [0.5, 0.6) is 0 Å². The molecule has 2 amide bonds. The van der Waals surface area contributed by atoms with Gasteiger partial charge in [0.1, 0.15) is 0 Å². The quantitative estimate of drug-likeness (QED) is 0.789. The van der Waals surface area contributed by atoms with Crippen LogP contribution in [0.4, 0.5) is 9.80 Å². The van der Waals surface area contributed by atoms with Gasteiger partial charge in [0.05, 0.1) is 11.1 Å². The summed E-state index contributed by atoms with van der Waals surface area (Å²) in [4.78, 5) is 11.5. The van der Waals surface area contributed by atoms with Crippen LogP contribution in [0, 0.1) is 0 Å². The fourth-order valence-electron chi connectivity index (χ4n) is 1.46. The van der Waals surface area contributed by atoms with Gasteiger partial charge in [-0.1, -0.05) is 0 Å². The molecule has 3 N–H and O–H groups in total. The molecule has 1 atom stereocenters. The molecule has 0 saturated carbocycles. The van der Waals surface area contributed by atoms with Crippen LogP contribution in [-0.2, 0) is 0 Å². The van der Waals surface area contributed by atoms with Gasteiger partial charge >= 0.3 is 6.03 Å². The molecule has 2 rings (SSSR count). The van der Waals surface area contributed by atoms with E-state index in [0.29, 0.717) is 13.0 Å². The maximum absolute atomic E-state index is 11.5. The number of rotatable bonds is 5. The molecule has 1 unspecified atom stereocenters. The van der Waals surface area contributed by atoms with Crippen molar-refractivity contribution in [2.75, 3.05) is 11.9 Å². The third kappa shape index (κ3) is 3.83. The summed E-state index contributed by atoms with van der Waals surface area (Å²) in [6.07, 6.45) is -0.00695. The Labute approximate surface area is 113 Å². The molecule has 2 heterocycles. The Hall–Kier alpha value is -1.37. The molecule has 0 radical (unpaired) electrons. The SMILES string of the molecule is O=C(NCCC(O)c1ccsc1)Nc1cccs1. The van der Waals surface area contributed by atoms with Crippen molar-refractivity contribution in [1.29, 1.82) is 0 Å². The number of aliphatic hydroxyl groups is 1. The summed E-state index contributed by atoms with van der Waals surface area (Å²) < 4.78 is 0. The summed E-state index contributed by atoms with van der Waals surface area (Å²) in [5, 5.41) is 21.8. The number of amides is 2. The van der Waals surface area contributed by atoms with Crippen molar-refractivity contribution in [1.82, 2.24) is 5.32 Å². The van der Waals surface area contributed by atoms with E-state index < -0.39 is 6.10 Å². The molecule has 2 aromatic rings. The van der Waals surface area contributed by atoms with E-state index in [4.69, 9.17) is 0 Å². The predicted molar refractivity (Wildman–Crippen MR) is 75.2 cm³/mol. The third-order valence-corrected chi connectivity index (χ3v) is 3.88. The van der Waals surface area contributed by atoms with Crippen molar-refractivity contribution in [2.45, 2.75) is 12.5 Å². The molecule has 0 aliphatic carbocycles. The van der Waals surface area contributed by atoms with E-state index in [-0.39, 0.29) is 6.03 Å². The molecule has 0 aliphatic rings. The van der Waals surface area contributed by atoms with Crippen molar-refractivity contribution in [2.24, 2.45) is 0 Å². The first-order valence-electron chi connectivity index (χ1n) is 5.54. The number of carbonyl (C=O) groups is 1. The Balaban J connectivity index is 1.67. The zero-order chi connectivity index (χ0) is 12.8. The van der Waals surface area contributed by atoms with E-state index in [1.807, 2.05) is 34.3 Å². The lowest BCUT2D eigenvalue weighted by atomic mass is 10.1. The average molecular weight is 282 g/mol. The maximum atomic E-state index is 11.5. The van der Waals surface area contributed by atoms with Gasteiger partial charge in [-0.3, -0.25) is 5.32 Å². The van der Waals surface area contributed by atoms with Crippen LogP contribution in [0.3, 0.4) is 0 Å². The monoisotopic (exact) mass is 282 g/mol. The lowest BCUT2D eigenvalue weighted by Crippen LogP contribution is -2.29. The van der Waals surface area contributed by atoms with Crippen molar-refractivity contribution >= 4 is 33.7 Å². The highest BCUT2D eigenvalue weighted by Crippen LogP contribution is 2.18. The van der Waals surface area contributed by atoms with Crippen molar-refractivity contribution < 1.29 is 9.90 Å². The maximum Gasteiger partial charge on any atom is 0.319 e. The first-order valence-corrected chi connectivity index (χ1v) is 7.36. The van der Waals surface area contributed by atoms with Gasteiger partial charge in [-0.15, -0.1) is 11.3 Å². The highest BCUT2D eigenvalue weighted by molar-refractivity contribution is 7.14. The molecule has 0 bridgehead atoms. The fraction of sp³-hybridized carbons (Fsp3) is 0.250. The van der Waals surface area contributed by atoms with Gasteiger partial charge in [-0.2, -0.15) is 11.3 Å². The summed E-state index contributed by atoms with van der Waals surface area (Å²) in [5.41, 5.74) is 0.903. The summed E-state index contributed by atoms with van der Waals surface area (Å²) in [6.45, 7) is 0.439. The molecule has 0 aliphatic heterocycles. The van der Waals surface area contributed by atoms with E-state index in [1.165, 1.54) is 11.3 Å². The van der Waals surface area contributed by atoms with Gasteiger partial charge in [0, 0.05) is 6.54 Å².